The largest absolute Gasteiger partial charge is 0.392 e. The maximum atomic E-state index is 12.0. The first kappa shape index (κ1) is 12.6. The van der Waals surface area contributed by atoms with Crippen LogP contribution in [0.1, 0.15) is 15.9 Å². The van der Waals surface area contributed by atoms with Crippen LogP contribution in [0.5, 0.6) is 0 Å². The number of para-hydroxylation sites is 1. The Balaban J connectivity index is 2.21. The molecule has 0 fully saturated rings. The average molecular weight is 262 g/mol. The lowest BCUT2D eigenvalue weighted by Gasteiger charge is -2.09. The molecule has 0 saturated carbocycles. The van der Waals surface area contributed by atoms with Gasteiger partial charge in [0.1, 0.15) is 0 Å². The van der Waals surface area contributed by atoms with E-state index in [-0.39, 0.29) is 12.5 Å². The molecule has 92 valence electrons. The quantitative estimate of drug-likeness (QED) is 0.892. The topological polar surface area (TPSA) is 49.3 Å². The van der Waals surface area contributed by atoms with Crippen LogP contribution in [0.25, 0.3) is 0 Å². The molecule has 4 heteroatoms. The molecule has 0 heterocycles. The number of carbonyl (C=O) groups is 1. The Morgan fingerprint density at radius 3 is 2.67 bits per heavy atom. The predicted molar refractivity (Wildman–Crippen MR) is 71.8 cm³/mol. The van der Waals surface area contributed by atoms with Crippen molar-refractivity contribution in [2.24, 2.45) is 0 Å². The first-order chi connectivity index (χ1) is 8.70. The third-order valence-corrected chi connectivity index (χ3v) is 2.76. The molecular formula is C14H12ClNO2. The number of anilines is 1. The van der Waals surface area contributed by atoms with Gasteiger partial charge in [-0.25, -0.2) is 0 Å². The molecule has 0 aromatic heterocycles. The van der Waals surface area contributed by atoms with Gasteiger partial charge in [-0.2, -0.15) is 0 Å². The second kappa shape index (κ2) is 5.67. The van der Waals surface area contributed by atoms with Gasteiger partial charge in [0.2, 0.25) is 0 Å². The fourth-order valence-corrected chi connectivity index (χ4v) is 1.79. The number of rotatable bonds is 3. The van der Waals surface area contributed by atoms with E-state index in [1.165, 1.54) is 0 Å². The summed E-state index contributed by atoms with van der Waals surface area (Å²) in [6, 6.07) is 13.8. The average Bonchev–Trinajstić information content (AvgIpc) is 2.39. The Kier molecular flexibility index (Phi) is 3.97. The van der Waals surface area contributed by atoms with Gasteiger partial charge in [0.25, 0.3) is 5.91 Å². The molecule has 2 rings (SSSR count). The molecule has 0 radical (unpaired) electrons. The first-order valence-corrected chi connectivity index (χ1v) is 5.84. The summed E-state index contributed by atoms with van der Waals surface area (Å²) in [5, 5.41) is 12.4. The van der Waals surface area contributed by atoms with Gasteiger partial charge < -0.3 is 10.4 Å². The fourth-order valence-electron chi connectivity index (χ4n) is 1.60. The Bertz CT molecular complexity index is 569. The summed E-state index contributed by atoms with van der Waals surface area (Å²) in [7, 11) is 0. The molecule has 18 heavy (non-hydrogen) atoms. The van der Waals surface area contributed by atoms with E-state index in [2.05, 4.69) is 5.32 Å². The molecule has 2 N–H and O–H groups in total. The minimum atomic E-state index is -0.251. The number of aliphatic hydroxyl groups excluding tert-OH is 1. The van der Waals surface area contributed by atoms with Crippen LogP contribution in [0.15, 0.2) is 48.5 Å². The third-order valence-electron chi connectivity index (χ3n) is 2.52. The lowest BCUT2D eigenvalue weighted by molar-refractivity contribution is 0.102. The highest BCUT2D eigenvalue weighted by Gasteiger charge is 2.08. The number of hydrogen-bond donors (Lipinski definition) is 2. The number of amides is 1. The van der Waals surface area contributed by atoms with Crippen molar-refractivity contribution in [3.8, 4) is 0 Å². The summed E-state index contributed by atoms with van der Waals surface area (Å²) in [5.41, 5.74) is 1.76. The van der Waals surface area contributed by atoms with Crippen LogP contribution in [0.3, 0.4) is 0 Å². The second-order valence-electron chi connectivity index (χ2n) is 3.78. The van der Waals surface area contributed by atoms with Gasteiger partial charge in [0.05, 0.1) is 6.61 Å². The van der Waals surface area contributed by atoms with Gasteiger partial charge in [-0.3, -0.25) is 4.79 Å². The summed E-state index contributed by atoms with van der Waals surface area (Å²) in [5.74, 6) is -0.251. The molecule has 0 aliphatic rings. The number of nitrogens with one attached hydrogen (secondary N) is 1. The van der Waals surface area contributed by atoms with E-state index in [1.54, 1.807) is 48.5 Å². The molecule has 0 bridgehead atoms. The summed E-state index contributed by atoms with van der Waals surface area (Å²) in [6.07, 6.45) is 0. The minimum absolute atomic E-state index is 0.119. The van der Waals surface area contributed by atoms with Crippen LogP contribution in [-0.2, 0) is 6.61 Å². The van der Waals surface area contributed by atoms with Crippen molar-refractivity contribution < 1.29 is 9.90 Å². The Morgan fingerprint density at radius 1 is 1.17 bits per heavy atom. The maximum Gasteiger partial charge on any atom is 0.255 e. The summed E-state index contributed by atoms with van der Waals surface area (Å²) in [6.45, 7) is -0.119. The van der Waals surface area contributed by atoms with Gasteiger partial charge in [-0.05, 0) is 24.3 Å². The zero-order valence-corrected chi connectivity index (χ0v) is 10.3. The van der Waals surface area contributed by atoms with Crippen molar-refractivity contribution in [1.29, 1.82) is 0 Å². The number of carbonyl (C=O) groups excluding carboxylic acids is 1. The molecule has 2 aromatic rings. The number of benzene rings is 2. The monoisotopic (exact) mass is 261 g/mol. The number of halogens is 1. The van der Waals surface area contributed by atoms with Crippen LogP contribution < -0.4 is 5.32 Å². The van der Waals surface area contributed by atoms with Crippen LogP contribution in [0.4, 0.5) is 5.69 Å². The van der Waals surface area contributed by atoms with E-state index in [0.29, 0.717) is 21.8 Å². The van der Waals surface area contributed by atoms with Gasteiger partial charge in [0, 0.05) is 21.8 Å². The Hall–Kier alpha value is -1.84. The molecule has 0 unspecified atom stereocenters. The van der Waals surface area contributed by atoms with Gasteiger partial charge in [0.15, 0.2) is 0 Å². The van der Waals surface area contributed by atoms with E-state index in [4.69, 9.17) is 11.6 Å². The summed E-state index contributed by atoms with van der Waals surface area (Å²) < 4.78 is 0. The van der Waals surface area contributed by atoms with Crippen molar-refractivity contribution in [2.75, 3.05) is 5.32 Å². The molecule has 0 aliphatic carbocycles. The van der Waals surface area contributed by atoms with E-state index in [9.17, 15) is 9.90 Å². The Morgan fingerprint density at radius 2 is 1.94 bits per heavy atom. The van der Waals surface area contributed by atoms with E-state index in [0.717, 1.165) is 0 Å². The van der Waals surface area contributed by atoms with Crippen LogP contribution in [0.2, 0.25) is 5.02 Å². The highest BCUT2D eigenvalue weighted by molar-refractivity contribution is 6.31. The van der Waals surface area contributed by atoms with E-state index >= 15 is 0 Å². The lowest BCUT2D eigenvalue weighted by Crippen LogP contribution is -2.13. The maximum absolute atomic E-state index is 12.0. The Labute approximate surface area is 110 Å². The lowest BCUT2D eigenvalue weighted by atomic mass is 10.1. The second-order valence-corrected chi connectivity index (χ2v) is 4.22. The SMILES string of the molecule is O=C(Nc1ccccc1CO)c1cccc(Cl)c1. The van der Waals surface area contributed by atoms with Crippen molar-refractivity contribution >= 4 is 23.2 Å². The molecule has 1 amide bonds. The highest BCUT2D eigenvalue weighted by Crippen LogP contribution is 2.17. The number of hydrogen-bond acceptors (Lipinski definition) is 2. The van der Waals surface area contributed by atoms with Crippen LogP contribution in [0, 0.1) is 0 Å². The summed E-state index contributed by atoms with van der Waals surface area (Å²) in [4.78, 5) is 12.0. The van der Waals surface area contributed by atoms with Crippen molar-refractivity contribution in [3.05, 3.63) is 64.7 Å². The standard InChI is InChI=1S/C14H12ClNO2/c15-12-6-3-5-10(8-12)14(18)16-13-7-2-1-4-11(13)9-17/h1-8,17H,9H2,(H,16,18). The zero-order valence-electron chi connectivity index (χ0n) is 9.56. The summed E-state index contributed by atoms with van der Waals surface area (Å²) >= 11 is 5.83. The smallest absolute Gasteiger partial charge is 0.255 e. The van der Waals surface area contributed by atoms with E-state index < -0.39 is 0 Å². The van der Waals surface area contributed by atoms with Gasteiger partial charge in [-0.15, -0.1) is 0 Å². The molecule has 3 nitrogen and oxygen atoms in total. The number of aliphatic hydroxyl groups is 1. The van der Waals surface area contributed by atoms with Crippen molar-refractivity contribution in [3.63, 3.8) is 0 Å². The minimum Gasteiger partial charge on any atom is -0.392 e. The molecule has 0 spiro atoms. The molecule has 2 aromatic carbocycles. The predicted octanol–water partition coefficient (Wildman–Crippen LogP) is 3.08. The van der Waals surface area contributed by atoms with Crippen LogP contribution in [-0.4, -0.2) is 11.0 Å². The van der Waals surface area contributed by atoms with Crippen molar-refractivity contribution in [1.82, 2.24) is 0 Å². The van der Waals surface area contributed by atoms with Crippen LogP contribution >= 0.6 is 11.6 Å². The molecule has 0 saturated heterocycles. The molecule has 0 aliphatic heterocycles. The van der Waals surface area contributed by atoms with E-state index in [1.807, 2.05) is 0 Å². The normalized spacial score (nSPS) is 10.1. The highest BCUT2D eigenvalue weighted by atomic mass is 35.5. The van der Waals surface area contributed by atoms with Crippen molar-refractivity contribution in [2.45, 2.75) is 6.61 Å². The first-order valence-electron chi connectivity index (χ1n) is 5.46. The third kappa shape index (κ3) is 2.88. The molecular weight excluding hydrogens is 250 g/mol. The zero-order chi connectivity index (χ0) is 13.0. The fraction of sp³-hybridized carbons (Fsp3) is 0.0714. The van der Waals surface area contributed by atoms with Gasteiger partial charge in [-0.1, -0.05) is 35.9 Å². The molecule has 0 atom stereocenters. The van der Waals surface area contributed by atoms with Gasteiger partial charge >= 0.3 is 0 Å².